The van der Waals surface area contributed by atoms with Crippen LogP contribution < -0.4 is 22.3 Å². The molecule has 11 nitrogen and oxygen atoms in total. The van der Waals surface area contributed by atoms with E-state index in [0.29, 0.717) is 48.9 Å². The van der Waals surface area contributed by atoms with Crippen LogP contribution in [-0.2, 0) is 22.6 Å². The van der Waals surface area contributed by atoms with Crippen molar-refractivity contribution in [3.63, 3.8) is 0 Å². The first-order chi connectivity index (χ1) is 18.7. The zero-order valence-electron chi connectivity index (χ0n) is 22.4. The zero-order chi connectivity index (χ0) is 27.7. The molecule has 39 heavy (non-hydrogen) atoms. The number of hydrogen-bond donors (Lipinski definition) is 4. The predicted octanol–water partition coefficient (Wildman–Crippen LogP) is 2.72. The van der Waals surface area contributed by atoms with Crippen molar-refractivity contribution in [3.8, 4) is 0 Å². The summed E-state index contributed by atoms with van der Waals surface area (Å²) in [7, 11) is 1.38. The molecule has 1 saturated heterocycles. The summed E-state index contributed by atoms with van der Waals surface area (Å²) in [6.07, 6.45) is 2.47. The number of likely N-dealkylation sites (tertiary alicyclic amines) is 1. The van der Waals surface area contributed by atoms with Gasteiger partial charge >= 0.3 is 5.97 Å². The maximum absolute atomic E-state index is 13.3. The van der Waals surface area contributed by atoms with Crippen LogP contribution in [0.2, 0.25) is 0 Å². The maximum Gasteiger partial charge on any atom is 0.312 e. The van der Waals surface area contributed by atoms with Gasteiger partial charge < -0.3 is 26.1 Å². The number of rotatable bonds is 6. The second kappa shape index (κ2) is 10.9. The lowest BCUT2D eigenvalue weighted by molar-refractivity contribution is -0.150. The normalized spacial score (nSPS) is 18.9. The lowest BCUT2D eigenvalue weighted by Crippen LogP contribution is -2.54. The van der Waals surface area contributed by atoms with Crippen molar-refractivity contribution < 1.29 is 14.3 Å². The Labute approximate surface area is 227 Å². The van der Waals surface area contributed by atoms with Gasteiger partial charge in [0.05, 0.1) is 30.1 Å². The van der Waals surface area contributed by atoms with Gasteiger partial charge in [0.25, 0.3) is 5.91 Å². The fourth-order valence-electron chi connectivity index (χ4n) is 5.60. The molecule has 2 aliphatic heterocycles. The number of carbonyl (C=O) groups excluding carboxylic acids is 2. The van der Waals surface area contributed by atoms with Gasteiger partial charge in [-0.3, -0.25) is 20.3 Å². The molecular formula is C28H34N8O3. The van der Waals surface area contributed by atoms with Gasteiger partial charge in [0, 0.05) is 55.2 Å². The largest absolute Gasteiger partial charge is 0.469 e. The number of fused-ring (bicyclic) bond motifs is 1. The summed E-state index contributed by atoms with van der Waals surface area (Å²) in [5, 5.41) is 3.31. The fourth-order valence-corrected chi connectivity index (χ4v) is 5.60. The second-order valence-corrected chi connectivity index (χ2v) is 10.3. The number of nitrogens with two attached hydrogens (primary N) is 2. The molecule has 2 aliphatic rings. The molecule has 11 heteroatoms. The van der Waals surface area contributed by atoms with E-state index >= 15 is 0 Å². The topological polar surface area (TPSA) is 152 Å². The Morgan fingerprint density at radius 1 is 1.10 bits per heavy atom. The predicted molar refractivity (Wildman–Crippen MR) is 149 cm³/mol. The van der Waals surface area contributed by atoms with E-state index in [-0.39, 0.29) is 24.5 Å². The van der Waals surface area contributed by atoms with Gasteiger partial charge in [-0.1, -0.05) is 6.07 Å². The molecule has 3 heterocycles. The summed E-state index contributed by atoms with van der Waals surface area (Å²) in [6.45, 7) is 6.10. The van der Waals surface area contributed by atoms with E-state index in [2.05, 4.69) is 52.7 Å². The highest BCUT2D eigenvalue weighted by Crippen LogP contribution is 2.32. The quantitative estimate of drug-likeness (QED) is 0.162. The summed E-state index contributed by atoms with van der Waals surface area (Å²) in [4.78, 5) is 39.4. The van der Waals surface area contributed by atoms with Crippen LogP contribution in [-0.4, -0.2) is 57.9 Å². The van der Waals surface area contributed by atoms with E-state index in [0.717, 1.165) is 28.1 Å². The molecule has 1 aromatic heterocycles. The van der Waals surface area contributed by atoms with Crippen LogP contribution in [0.25, 0.3) is 0 Å². The zero-order valence-corrected chi connectivity index (χ0v) is 22.4. The van der Waals surface area contributed by atoms with Gasteiger partial charge in [0.15, 0.2) is 0 Å². The van der Waals surface area contributed by atoms with E-state index in [4.69, 9.17) is 21.3 Å². The van der Waals surface area contributed by atoms with Crippen molar-refractivity contribution in [1.82, 2.24) is 19.8 Å². The standard InChI is InChI=1S/C28H34N8O3/c1-16-8-17(2)10-20(9-16)32-28-31-12-19-13-36(15-24(19)33-28)25-6-7-35(14-21(25)27(38)39-3)26(37)18-4-5-23(34-30)22(29)11-18/h4-5,8-12,21,25,34H,6-7,13-15,29-30H2,1-3H3,(H,31,32,33). The number of aromatic nitrogens is 2. The monoisotopic (exact) mass is 530 g/mol. The van der Waals surface area contributed by atoms with Gasteiger partial charge in [0.1, 0.15) is 0 Å². The Morgan fingerprint density at radius 2 is 1.87 bits per heavy atom. The van der Waals surface area contributed by atoms with Crippen LogP contribution in [0.15, 0.2) is 42.6 Å². The Hall–Kier alpha value is -4.22. The Balaban J connectivity index is 1.30. The molecule has 0 bridgehead atoms. The second-order valence-electron chi connectivity index (χ2n) is 10.3. The van der Waals surface area contributed by atoms with Gasteiger partial charge in [-0.25, -0.2) is 9.97 Å². The van der Waals surface area contributed by atoms with Crippen molar-refractivity contribution in [1.29, 1.82) is 0 Å². The first-order valence-corrected chi connectivity index (χ1v) is 12.9. The number of anilines is 4. The number of esters is 1. The third-order valence-corrected chi connectivity index (χ3v) is 7.45. The third kappa shape index (κ3) is 5.50. The number of ether oxygens (including phenoxy) is 1. The summed E-state index contributed by atoms with van der Waals surface area (Å²) in [6, 6.07) is 11.1. The molecule has 204 valence electrons. The van der Waals surface area contributed by atoms with Crippen LogP contribution in [0, 0.1) is 19.8 Å². The van der Waals surface area contributed by atoms with E-state index < -0.39 is 5.92 Å². The SMILES string of the molecule is COC(=O)C1CN(C(=O)c2ccc(NN)c(N)c2)CCC1N1Cc2cnc(Nc3cc(C)cc(C)c3)nc2C1. The van der Waals surface area contributed by atoms with Crippen molar-refractivity contribution in [2.45, 2.75) is 39.4 Å². The van der Waals surface area contributed by atoms with Crippen molar-refractivity contribution in [3.05, 3.63) is 70.5 Å². The number of methoxy groups -OCH3 is 1. The summed E-state index contributed by atoms with van der Waals surface area (Å²) in [5.74, 6) is 4.98. The highest BCUT2D eigenvalue weighted by atomic mass is 16.5. The highest BCUT2D eigenvalue weighted by molar-refractivity contribution is 5.96. The van der Waals surface area contributed by atoms with Crippen LogP contribution in [0.1, 0.15) is 39.2 Å². The Kier molecular flexibility index (Phi) is 7.36. The van der Waals surface area contributed by atoms with Crippen LogP contribution in [0.4, 0.5) is 23.0 Å². The summed E-state index contributed by atoms with van der Waals surface area (Å²) >= 11 is 0. The number of aryl methyl sites for hydroxylation is 2. The number of nitrogen functional groups attached to an aromatic ring is 2. The average Bonchev–Trinajstić information content (AvgIpc) is 3.34. The first-order valence-electron chi connectivity index (χ1n) is 12.9. The minimum atomic E-state index is -0.495. The number of nitrogens with one attached hydrogen (secondary N) is 2. The molecule has 0 spiro atoms. The van der Waals surface area contributed by atoms with Crippen molar-refractivity contribution >= 4 is 34.9 Å². The van der Waals surface area contributed by atoms with E-state index in [1.165, 1.54) is 7.11 Å². The number of carbonyl (C=O) groups is 2. The molecule has 2 aromatic carbocycles. The van der Waals surface area contributed by atoms with Crippen LogP contribution in [0.3, 0.4) is 0 Å². The number of amides is 1. The molecule has 5 rings (SSSR count). The molecule has 0 radical (unpaired) electrons. The molecule has 0 saturated carbocycles. The van der Waals surface area contributed by atoms with Gasteiger partial charge in [-0.15, -0.1) is 0 Å². The van der Waals surface area contributed by atoms with E-state index in [9.17, 15) is 9.59 Å². The molecule has 1 fully saturated rings. The van der Waals surface area contributed by atoms with Gasteiger partial charge in [-0.05, 0) is 61.7 Å². The van der Waals surface area contributed by atoms with E-state index in [1.807, 2.05) is 6.20 Å². The lowest BCUT2D eigenvalue weighted by Gasteiger charge is -2.41. The minimum Gasteiger partial charge on any atom is -0.469 e. The number of hydrazine groups is 1. The molecule has 6 N–H and O–H groups in total. The molecule has 2 unspecified atom stereocenters. The highest BCUT2D eigenvalue weighted by Gasteiger charge is 2.42. The maximum atomic E-state index is 13.3. The minimum absolute atomic E-state index is 0.0968. The summed E-state index contributed by atoms with van der Waals surface area (Å²) in [5.41, 5.74) is 15.1. The van der Waals surface area contributed by atoms with Gasteiger partial charge in [-0.2, -0.15) is 0 Å². The Bertz CT molecular complexity index is 1390. The number of nitrogens with zero attached hydrogens (tertiary/aromatic N) is 4. The fraction of sp³-hybridized carbons (Fsp3) is 0.357. The summed E-state index contributed by atoms with van der Waals surface area (Å²) < 4.78 is 5.16. The third-order valence-electron chi connectivity index (χ3n) is 7.45. The molecule has 1 amide bonds. The van der Waals surface area contributed by atoms with Crippen LogP contribution >= 0.6 is 0 Å². The lowest BCUT2D eigenvalue weighted by atomic mass is 9.90. The van der Waals surface area contributed by atoms with Crippen LogP contribution in [0.5, 0.6) is 0 Å². The number of hydrogen-bond acceptors (Lipinski definition) is 10. The van der Waals surface area contributed by atoms with Crippen molar-refractivity contribution in [2.75, 3.05) is 36.7 Å². The number of benzene rings is 2. The first kappa shape index (κ1) is 26.4. The Morgan fingerprint density at radius 3 is 2.56 bits per heavy atom. The molecule has 0 aliphatic carbocycles. The average molecular weight is 531 g/mol. The van der Waals surface area contributed by atoms with E-state index in [1.54, 1.807) is 23.1 Å². The smallest absolute Gasteiger partial charge is 0.312 e. The van der Waals surface area contributed by atoms with Crippen molar-refractivity contribution in [2.24, 2.45) is 11.8 Å². The molecule has 3 aromatic rings. The molecular weight excluding hydrogens is 496 g/mol. The van der Waals surface area contributed by atoms with Gasteiger partial charge in [0.2, 0.25) is 5.95 Å². The number of piperidine rings is 1. The molecule has 2 atom stereocenters.